The lowest BCUT2D eigenvalue weighted by Crippen LogP contribution is -2.28. The molecule has 4 aromatic carbocycles. The van der Waals surface area contributed by atoms with Crippen LogP contribution >= 0.6 is 0 Å². The Bertz CT molecular complexity index is 1300. The molecular weight excluding hydrogens is 508 g/mol. The maximum atomic E-state index is 12.9. The Kier molecular flexibility index (Phi) is 10.2. The molecule has 0 bridgehead atoms. The van der Waals surface area contributed by atoms with Crippen LogP contribution in [0.25, 0.3) is 10.8 Å². The number of fused-ring (bicyclic) bond motifs is 1. The van der Waals surface area contributed by atoms with E-state index < -0.39 is 12.2 Å². The summed E-state index contributed by atoms with van der Waals surface area (Å²) in [5.41, 5.74) is 0. The standard InChI is InChI=1S/C32H34N2O6/c1-3-5-21-33-31(35)39-27-25-19-13-14-20-26(25)28(40-32(36)34-22-6-4-2)30(38-24-17-11-8-12-18-24)29(27)37-23-15-9-7-10-16-23/h7-20H,3-6,21-22H2,1-2H3,(H,33,35)(H,34,36). The van der Waals surface area contributed by atoms with Crippen LogP contribution in [-0.4, -0.2) is 25.3 Å². The molecule has 8 nitrogen and oxygen atoms in total. The summed E-state index contributed by atoms with van der Waals surface area (Å²) in [5.74, 6) is 1.42. The third kappa shape index (κ3) is 7.44. The molecule has 0 spiro atoms. The molecule has 2 amide bonds. The maximum Gasteiger partial charge on any atom is 0.412 e. The van der Waals surface area contributed by atoms with E-state index in [1.54, 1.807) is 48.5 Å². The van der Waals surface area contributed by atoms with Crippen molar-refractivity contribution in [2.24, 2.45) is 0 Å². The second-order valence-electron chi connectivity index (χ2n) is 9.03. The number of para-hydroxylation sites is 2. The summed E-state index contributed by atoms with van der Waals surface area (Å²) in [5, 5.41) is 6.58. The monoisotopic (exact) mass is 542 g/mol. The SMILES string of the molecule is CCCCNC(=O)Oc1c(Oc2ccccc2)c(Oc2ccccc2)c(OC(=O)NCCCC)c2ccccc12. The zero-order valence-electron chi connectivity index (χ0n) is 22.8. The Labute approximate surface area is 234 Å². The van der Waals surface area contributed by atoms with Gasteiger partial charge in [0.2, 0.25) is 11.5 Å². The molecule has 8 heteroatoms. The lowest BCUT2D eigenvalue weighted by molar-refractivity contribution is 0.196. The Balaban J connectivity index is 1.90. The predicted octanol–water partition coefficient (Wildman–Crippen LogP) is 8.20. The molecule has 0 heterocycles. The molecule has 0 aliphatic rings. The first-order valence-electron chi connectivity index (χ1n) is 13.6. The van der Waals surface area contributed by atoms with Gasteiger partial charge in [0.1, 0.15) is 11.5 Å². The Morgan fingerprint density at radius 3 is 1.30 bits per heavy atom. The van der Waals surface area contributed by atoms with E-state index in [9.17, 15) is 9.59 Å². The molecule has 0 aliphatic heterocycles. The van der Waals surface area contributed by atoms with E-state index in [4.69, 9.17) is 18.9 Å². The van der Waals surface area contributed by atoms with Crippen LogP contribution < -0.4 is 29.6 Å². The fourth-order valence-corrected chi connectivity index (χ4v) is 3.92. The Morgan fingerprint density at radius 2 is 0.925 bits per heavy atom. The first-order valence-corrected chi connectivity index (χ1v) is 13.6. The molecule has 0 unspecified atom stereocenters. The minimum atomic E-state index is -0.631. The molecule has 0 fully saturated rings. The van der Waals surface area contributed by atoms with Crippen molar-refractivity contribution in [2.45, 2.75) is 39.5 Å². The highest BCUT2D eigenvalue weighted by Crippen LogP contribution is 2.54. The zero-order chi connectivity index (χ0) is 28.2. The van der Waals surface area contributed by atoms with Gasteiger partial charge in [-0.1, -0.05) is 87.4 Å². The van der Waals surface area contributed by atoms with Gasteiger partial charge in [-0.05, 0) is 37.1 Å². The number of nitrogens with one attached hydrogen (secondary N) is 2. The van der Waals surface area contributed by atoms with Gasteiger partial charge in [0.05, 0.1) is 0 Å². The van der Waals surface area contributed by atoms with E-state index in [1.807, 2.05) is 50.2 Å². The van der Waals surface area contributed by atoms with E-state index in [0.29, 0.717) is 35.4 Å². The fourth-order valence-electron chi connectivity index (χ4n) is 3.92. The minimum absolute atomic E-state index is 0.0933. The van der Waals surface area contributed by atoms with Crippen molar-refractivity contribution in [1.82, 2.24) is 10.6 Å². The number of carbonyl (C=O) groups is 2. The highest BCUT2D eigenvalue weighted by molar-refractivity contribution is 6.01. The van der Waals surface area contributed by atoms with Crippen LogP contribution in [0, 0.1) is 0 Å². The summed E-state index contributed by atoms with van der Waals surface area (Å²) >= 11 is 0. The maximum absolute atomic E-state index is 12.9. The summed E-state index contributed by atoms with van der Waals surface area (Å²) in [4.78, 5) is 25.8. The van der Waals surface area contributed by atoms with Gasteiger partial charge in [-0.25, -0.2) is 9.59 Å². The normalized spacial score (nSPS) is 10.6. The van der Waals surface area contributed by atoms with E-state index in [0.717, 1.165) is 25.7 Å². The van der Waals surface area contributed by atoms with Crippen LogP contribution in [0.5, 0.6) is 34.5 Å². The number of carbonyl (C=O) groups excluding carboxylic acids is 2. The van der Waals surface area contributed by atoms with Crippen LogP contribution in [0.3, 0.4) is 0 Å². The molecule has 0 saturated carbocycles. The first-order chi connectivity index (χ1) is 19.6. The van der Waals surface area contributed by atoms with E-state index in [1.165, 1.54) is 0 Å². The van der Waals surface area contributed by atoms with Gasteiger partial charge >= 0.3 is 12.2 Å². The zero-order valence-corrected chi connectivity index (χ0v) is 22.8. The number of unbranched alkanes of at least 4 members (excludes halogenated alkanes) is 2. The minimum Gasteiger partial charge on any atom is -0.449 e. The summed E-state index contributed by atoms with van der Waals surface area (Å²) in [6.07, 6.45) is 2.21. The number of rotatable bonds is 12. The lowest BCUT2D eigenvalue weighted by atomic mass is 10.1. The Morgan fingerprint density at radius 1 is 0.550 bits per heavy atom. The first kappa shape index (κ1) is 28.3. The molecular formula is C32H34N2O6. The molecule has 0 aromatic heterocycles. The topological polar surface area (TPSA) is 95.1 Å². The molecule has 0 radical (unpaired) electrons. The van der Waals surface area contributed by atoms with E-state index >= 15 is 0 Å². The van der Waals surface area contributed by atoms with Crippen molar-refractivity contribution in [1.29, 1.82) is 0 Å². The second-order valence-corrected chi connectivity index (χ2v) is 9.03. The Hall–Kier alpha value is -4.72. The molecule has 0 atom stereocenters. The molecule has 0 aliphatic carbocycles. The number of hydrogen-bond acceptors (Lipinski definition) is 6. The number of benzene rings is 4. The average Bonchev–Trinajstić information content (AvgIpc) is 2.98. The van der Waals surface area contributed by atoms with Gasteiger partial charge in [-0.15, -0.1) is 0 Å². The van der Waals surface area contributed by atoms with Crippen molar-refractivity contribution < 1.29 is 28.5 Å². The van der Waals surface area contributed by atoms with Gasteiger partial charge < -0.3 is 29.6 Å². The van der Waals surface area contributed by atoms with Crippen molar-refractivity contribution in [3.05, 3.63) is 84.9 Å². The quantitative estimate of drug-likeness (QED) is 0.175. The summed E-state index contributed by atoms with van der Waals surface area (Å²) < 4.78 is 24.4. The average molecular weight is 543 g/mol. The van der Waals surface area contributed by atoms with Crippen molar-refractivity contribution in [2.75, 3.05) is 13.1 Å². The van der Waals surface area contributed by atoms with Crippen LogP contribution in [0.2, 0.25) is 0 Å². The molecule has 40 heavy (non-hydrogen) atoms. The van der Waals surface area contributed by atoms with Crippen molar-refractivity contribution >= 4 is 23.0 Å². The van der Waals surface area contributed by atoms with Crippen LogP contribution in [-0.2, 0) is 0 Å². The third-order valence-corrected chi connectivity index (χ3v) is 5.95. The van der Waals surface area contributed by atoms with Gasteiger partial charge in [0.25, 0.3) is 0 Å². The lowest BCUT2D eigenvalue weighted by Gasteiger charge is -2.21. The molecule has 2 N–H and O–H groups in total. The summed E-state index contributed by atoms with van der Waals surface area (Å²) in [7, 11) is 0. The fraction of sp³-hybridized carbons (Fsp3) is 0.250. The van der Waals surface area contributed by atoms with E-state index in [2.05, 4.69) is 10.6 Å². The predicted molar refractivity (Wildman–Crippen MR) is 155 cm³/mol. The van der Waals surface area contributed by atoms with Crippen LogP contribution in [0.15, 0.2) is 84.9 Å². The molecule has 208 valence electrons. The van der Waals surface area contributed by atoms with Gasteiger partial charge in [-0.2, -0.15) is 0 Å². The smallest absolute Gasteiger partial charge is 0.412 e. The van der Waals surface area contributed by atoms with Crippen molar-refractivity contribution in [3.8, 4) is 34.5 Å². The largest absolute Gasteiger partial charge is 0.449 e. The highest BCUT2D eigenvalue weighted by Gasteiger charge is 2.29. The second kappa shape index (κ2) is 14.4. The van der Waals surface area contributed by atoms with Gasteiger partial charge in [0.15, 0.2) is 11.5 Å². The molecule has 4 rings (SSSR count). The highest BCUT2D eigenvalue weighted by atomic mass is 16.6. The van der Waals surface area contributed by atoms with Crippen LogP contribution in [0.4, 0.5) is 9.59 Å². The van der Waals surface area contributed by atoms with Gasteiger partial charge in [-0.3, -0.25) is 0 Å². The molecule has 4 aromatic rings. The van der Waals surface area contributed by atoms with E-state index in [-0.39, 0.29) is 23.0 Å². The number of ether oxygens (including phenoxy) is 4. The number of hydrogen-bond donors (Lipinski definition) is 2. The van der Waals surface area contributed by atoms with Crippen molar-refractivity contribution in [3.63, 3.8) is 0 Å². The third-order valence-electron chi connectivity index (χ3n) is 5.95. The molecule has 0 saturated heterocycles. The number of amides is 2. The summed E-state index contributed by atoms with van der Waals surface area (Å²) in [6.45, 7) is 5.01. The van der Waals surface area contributed by atoms with Gasteiger partial charge in [0, 0.05) is 23.9 Å². The van der Waals surface area contributed by atoms with Crippen LogP contribution in [0.1, 0.15) is 39.5 Å². The summed E-state index contributed by atoms with van der Waals surface area (Å²) in [6, 6.07) is 25.3.